The number of para-hydroxylation sites is 2. The first-order valence-electron chi connectivity index (χ1n) is 18.5. The first-order chi connectivity index (χ1) is 24.3. The highest BCUT2D eigenvalue weighted by atomic mass is 28.3. The van der Waals surface area contributed by atoms with Gasteiger partial charge in [-0.05, 0) is 50.7 Å². The van der Waals surface area contributed by atoms with Crippen LogP contribution in [-0.2, 0) is 0 Å². The van der Waals surface area contributed by atoms with Gasteiger partial charge in [0.05, 0.1) is 15.1 Å². The van der Waals surface area contributed by atoms with Gasteiger partial charge in [-0.15, -0.1) is 0 Å². The van der Waals surface area contributed by atoms with E-state index in [9.17, 15) is 4.11 Å². The second-order valence-electron chi connectivity index (χ2n) is 9.66. The molecule has 0 saturated carbocycles. The van der Waals surface area contributed by atoms with Gasteiger partial charge in [0.2, 0.25) is 0 Å². The molecule has 6 aromatic carbocycles. The average molecular weight is 540 g/mol. The summed E-state index contributed by atoms with van der Waals surface area (Å²) in [5, 5.41) is 2.93. The Bertz CT molecular complexity index is 2210. The molecule has 1 aliphatic heterocycles. The maximum Gasteiger partial charge on any atom is 0.250 e. The maximum absolute atomic E-state index is 10.2. The Morgan fingerprint density at radius 1 is 0.550 bits per heavy atom. The number of benzene rings is 6. The lowest BCUT2D eigenvalue weighted by atomic mass is 9.36. The van der Waals surface area contributed by atoms with Gasteiger partial charge in [-0.25, -0.2) is 0 Å². The van der Waals surface area contributed by atoms with Gasteiger partial charge in [0.15, 0.2) is 8.07 Å². The van der Waals surface area contributed by atoms with E-state index >= 15 is 0 Å². The number of ether oxygens (including phenoxy) is 1. The van der Waals surface area contributed by atoms with E-state index in [0.717, 1.165) is 15.6 Å². The molecule has 40 heavy (non-hydrogen) atoms. The molecule has 0 aromatic heterocycles. The molecule has 7 rings (SSSR count). The Kier molecular flexibility index (Phi) is 3.88. The molecule has 0 aliphatic carbocycles. The lowest BCUT2D eigenvalue weighted by Gasteiger charge is -2.35. The molecule has 0 N–H and O–H groups in total. The minimum absolute atomic E-state index is 0.0191. The van der Waals surface area contributed by atoms with Gasteiger partial charge < -0.3 is 4.74 Å². The molecule has 0 amide bonds. The topological polar surface area (TPSA) is 9.23 Å². The Hall–Kier alpha value is -4.60. The van der Waals surface area contributed by atoms with Crippen LogP contribution in [0.1, 0.15) is 20.6 Å². The van der Waals surface area contributed by atoms with Crippen LogP contribution >= 0.6 is 0 Å². The Morgan fingerprint density at radius 2 is 1.00 bits per heavy atom. The van der Waals surface area contributed by atoms with Crippen LogP contribution in [0.25, 0.3) is 0 Å². The van der Waals surface area contributed by atoms with Crippen molar-refractivity contribution in [3.05, 3.63) is 163 Å². The highest BCUT2D eigenvalue weighted by Gasteiger charge is 2.42. The van der Waals surface area contributed by atoms with Crippen LogP contribution in [0.4, 0.5) is 0 Å². The molecule has 0 radical (unpaired) electrons. The predicted molar refractivity (Wildman–Crippen MR) is 172 cm³/mol. The third kappa shape index (κ3) is 4.02. The van der Waals surface area contributed by atoms with Crippen molar-refractivity contribution in [1.82, 2.24) is 0 Å². The number of hydrogen-bond donors (Lipinski definition) is 0. The molecule has 0 saturated heterocycles. The molecule has 190 valence electrons. The van der Waals surface area contributed by atoms with E-state index in [4.69, 9.17) is 15.7 Å². The molecule has 0 spiro atoms. The van der Waals surface area contributed by atoms with Crippen LogP contribution in [0.5, 0.6) is 11.5 Å². The summed E-state index contributed by atoms with van der Waals surface area (Å²) in [5.41, 5.74) is -0.115. The minimum atomic E-state index is -3.60. The number of rotatable bonds is 5. The Balaban J connectivity index is 1.72. The smallest absolute Gasteiger partial charge is 0.250 e. The van der Waals surface area contributed by atoms with Crippen molar-refractivity contribution >= 4 is 51.9 Å². The molecule has 0 bridgehead atoms. The van der Waals surface area contributed by atoms with E-state index in [2.05, 4.69) is 0 Å². The Morgan fingerprint density at radius 3 is 1.48 bits per heavy atom. The van der Waals surface area contributed by atoms with Crippen molar-refractivity contribution in [1.29, 1.82) is 0 Å². The number of fused-ring (bicyclic) bond motifs is 2. The zero-order valence-corrected chi connectivity index (χ0v) is 22.6. The van der Waals surface area contributed by atoms with Crippen LogP contribution in [0.15, 0.2) is 157 Å². The summed E-state index contributed by atoms with van der Waals surface area (Å²) < 4.78 is 105. The maximum atomic E-state index is 10.2. The van der Waals surface area contributed by atoms with Crippen LogP contribution < -0.4 is 41.9 Å². The average Bonchev–Trinajstić information content (AvgIpc) is 3.16. The fourth-order valence-electron chi connectivity index (χ4n) is 5.67. The summed E-state index contributed by atoms with van der Waals surface area (Å²) in [4.78, 5) is 0. The lowest BCUT2D eigenvalue weighted by Crippen LogP contribution is -2.75. The first kappa shape index (κ1) is 15.3. The lowest BCUT2D eigenvalue weighted by molar-refractivity contribution is 0.487. The van der Waals surface area contributed by atoms with E-state index < -0.39 is 63.1 Å². The zero-order chi connectivity index (χ0) is 36.5. The molecular formula is C37H29BOSi. The summed E-state index contributed by atoms with van der Waals surface area (Å²) in [6.07, 6.45) is 0. The van der Waals surface area contributed by atoms with Crippen LogP contribution in [0.3, 0.4) is 0 Å². The fourth-order valence-corrected chi connectivity index (χ4v) is 10.3. The molecular weight excluding hydrogens is 499 g/mol. The van der Waals surface area contributed by atoms with Crippen molar-refractivity contribution in [2.75, 3.05) is 0 Å². The molecule has 0 atom stereocenters. The van der Waals surface area contributed by atoms with Gasteiger partial charge >= 0.3 is 0 Å². The zero-order valence-electron chi connectivity index (χ0n) is 32.6. The monoisotopic (exact) mass is 539 g/mol. The first-order valence-corrected chi connectivity index (χ1v) is 15.0. The van der Waals surface area contributed by atoms with E-state index in [-0.39, 0.29) is 51.6 Å². The Labute approximate surface area is 253 Å². The predicted octanol–water partition coefficient (Wildman–Crippen LogP) is 3.99. The highest BCUT2D eigenvalue weighted by molar-refractivity contribution is 7.20. The van der Waals surface area contributed by atoms with Gasteiger partial charge in [-0.3, -0.25) is 0 Å². The van der Waals surface area contributed by atoms with Crippen molar-refractivity contribution in [3.8, 4) is 11.5 Å². The molecule has 1 heterocycles. The van der Waals surface area contributed by atoms with E-state index in [0.29, 0.717) is 5.19 Å². The van der Waals surface area contributed by atoms with E-state index in [1.807, 2.05) is 91.0 Å². The van der Waals surface area contributed by atoms with Crippen molar-refractivity contribution in [3.63, 3.8) is 0 Å². The summed E-state index contributed by atoms with van der Waals surface area (Å²) >= 11 is 0. The van der Waals surface area contributed by atoms with Crippen LogP contribution in [0.2, 0.25) is 0 Å². The molecule has 3 heteroatoms. The summed E-state index contributed by atoms with van der Waals surface area (Å²) in [6.45, 7) is 0.164. The van der Waals surface area contributed by atoms with E-state index in [1.54, 1.807) is 6.92 Å². The third-order valence-corrected chi connectivity index (χ3v) is 11.9. The largest absolute Gasteiger partial charge is 0.458 e. The molecule has 0 fully saturated rings. The highest BCUT2D eigenvalue weighted by Crippen LogP contribution is 2.24. The van der Waals surface area contributed by atoms with Crippen molar-refractivity contribution < 1.29 is 19.8 Å². The minimum Gasteiger partial charge on any atom is -0.458 e. The third-order valence-electron chi connectivity index (χ3n) is 7.32. The molecule has 0 unspecified atom stereocenters. The van der Waals surface area contributed by atoms with Gasteiger partial charge in [-0.2, -0.15) is 0 Å². The normalized spacial score (nSPS) is 16.1. The van der Waals surface area contributed by atoms with Gasteiger partial charge in [-0.1, -0.05) is 156 Å². The fraction of sp³-hybridized carbons (Fsp3) is 0.0270. The summed E-state index contributed by atoms with van der Waals surface area (Å²) in [7, 11) is -3.60. The van der Waals surface area contributed by atoms with Crippen LogP contribution in [0, 0.1) is 6.92 Å². The van der Waals surface area contributed by atoms with E-state index in [1.165, 1.54) is 0 Å². The standard InChI is InChI=1S/C37H29BOSi/c1-28-25-29(38-34-21-11-13-23-36(34)39-37-24-14-12-22-35(37)38)27-33(26-28)40(30-15-5-2-6-16-30,31-17-7-3-8-18-31)32-19-9-4-10-20-32/h2-27H,1H3/i11D,12D,13D,14D,21D,22D,23D,24D,25D,26D,27D. The van der Waals surface area contributed by atoms with Crippen molar-refractivity contribution in [2.45, 2.75) is 6.92 Å². The van der Waals surface area contributed by atoms with Crippen LogP contribution in [-0.4, -0.2) is 14.8 Å². The second-order valence-corrected chi connectivity index (χ2v) is 13.4. The summed E-state index contributed by atoms with van der Waals surface area (Å²) in [5.74, 6) is -0.677. The quantitative estimate of drug-likeness (QED) is 0.238. The number of hydrogen-bond acceptors (Lipinski definition) is 1. The van der Waals surface area contributed by atoms with Gasteiger partial charge in [0.25, 0.3) is 6.71 Å². The molecule has 1 nitrogen and oxygen atoms in total. The SMILES string of the molecule is [2H]c1c([2H])c([2H])c2c(c1[2H])Oc1c([2H])c([2H])c([2H])c([2H])c1B2c1c([2H])c(C)c([2H])c([Si](c2ccccc2)(c2ccccc2)c2ccccc2)c1[2H]. The van der Waals surface area contributed by atoms with Gasteiger partial charge in [0.1, 0.15) is 11.5 Å². The van der Waals surface area contributed by atoms with Gasteiger partial charge in [0, 0.05) is 0 Å². The van der Waals surface area contributed by atoms with Crippen molar-refractivity contribution in [2.24, 2.45) is 0 Å². The molecule has 1 aliphatic rings. The molecule has 6 aromatic rings. The second kappa shape index (κ2) is 10.2. The summed E-state index contributed by atoms with van der Waals surface area (Å²) in [6, 6.07) is 23.9.